The Hall–Kier alpha value is -0.530. The van der Waals surface area contributed by atoms with E-state index in [0.29, 0.717) is 6.04 Å². The van der Waals surface area contributed by atoms with Gasteiger partial charge in [-0.2, -0.15) is 0 Å². The van der Waals surface area contributed by atoms with Gasteiger partial charge in [-0.05, 0) is 24.1 Å². The van der Waals surface area contributed by atoms with Crippen molar-refractivity contribution in [2.24, 2.45) is 0 Å². The van der Waals surface area contributed by atoms with Gasteiger partial charge in [0.2, 0.25) is 0 Å². The van der Waals surface area contributed by atoms with Crippen molar-refractivity contribution >= 4 is 11.6 Å². The fourth-order valence-corrected chi connectivity index (χ4v) is 1.30. The number of hydrogen-bond donors (Lipinski definition) is 1. The number of halogens is 1. The second-order valence-corrected chi connectivity index (χ2v) is 3.38. The van der Waals surface area contributed by atoms with Crippen molar-refractivity contribution in [3.8, 4) is 0 Å². The molecule has 1 nitrogen and oxygen atoms in total. The fourth-order valence-electron chi connectivity index (χ4n) is 1.18. The van der Waals surface area contributed by atoms with Crippen molar-refractivity contribution in [3.05, 3.63) is 34.3 Å². The third-order valence-corrected chi connectivity index (χ3v) is 2.42. The lowest BCUT2D eigenvalue weighted by Gasteiger charge is -2.00. The predicted molar refractivity (Wildman–Crippen MR) is 46.9 cm³/mol. The second-order valence-electron chi connectivity index (χ2n) is 2.97. The average Bonchev–Trinajstić information content (AvgIpc) is 2.77. The van der Waals surface area contributed by atoms with Crippen LogP contribution < -0.4 is 5.32 Å². The van der Waals surface area contributed by atoms with Gasteiger partial charge in [-0.25, -0.2) is 0 Å². The summed E-state index contributed by atoms with van der Waals surface area (Å²) in [6.45, 7) is 3.15. The van der Waals surface area contributed by atoms with Crippen LogP contribution in [0.25, 0.3) is 0 Å². The number of nitrogens with one attached hydrogen (secondary N) is 1. The summed E-state index contributed by atoms with van der Waals surface area (Å²) in [6, 6.07) is 6.78. The molecule has 0 aromatic heterocycles. The highest BCUT2D eigenvalue weighted by Crippen LogP contribution is 2.25. The molecule has 2 heteroatoms. The third-order valence-electron chi connectivity index (χ3n) is 1.99. The van der Waals surface area contributed by atoms with Crippen molar-refractivity contribution in [2.45, 2.75) is 13.0 Å². The second kappa shape index (κ2) is 2.50. The molecule has 1 fully saturated rings. The molecule has 0 amide bonds. The lowest BCUT2D eigenvalue weighted by atomic mass is 10.1. The molecule has 1 aromatic rings. The molecule has 0 spiro atoms. The van der Waals surface area contributed by atoms with Gasteiger partial charge in [-0.1, -0.05) is 23.7 Å². The minimum Gasteiger partial charge on any atom is -0.307 e. The van der Waals surface area contributed by atoms with Crippen LogP contribution in [0.2, 0.25) is 5.02 Å². The monoisotopic (exact) mass is 167 g/mol. The summed E-state index contributed by atoms with van der Waals surface area (Å²) in [6.07, 6.45) is 0. The molecule has 58 valence electrons. The van der Waals surface area contributed by atoms with Crippen molar-refractivity contribution in [1.82, 2.24) is 5.32 Å². The standard InChI is InChI=1S/C9H10ClN/c1-6-4-7(9-5-11-9)2-3-8(6)10/h2-4,9,11H,5H2,1H3/t9-/m1/s1. The van der Waals surface area contributed by atoms with Gasteiger partial charge in [-0.3, -0.25) is 0 Å². The molecule has 1 saturated heterocycles. The van der Waals surface area contributed by atoms with Crippen LogP contribution in [0.5, 0.6) is 0 Å². The van der Waals surface area contributed by atoms with Crippen molar-refractivity contribution in [3.63, 3.8) is 0 Å². The lowest BCUT2D eigenvalue weighted by Crippen LogP contribution is -1.85. The molecular formula is C9H10ClN. The summed E-state index contributed by atoms with van der Waals surface area (Å²) in [5, 5.41) is 4.11. The van der Waals surface area contributed by atoms with Crippen molar-refractivity contribution in [1.29, 1.82) is 0 Å². The van der Waals surface area contributed by atoms with Gasteiger partial charge < -0.3 is 5.32 Å². The largest absolute Gasteiger partial charge is 0.307 e. The maximum absolute atomic E-state index is 5.89. The average molecular weight is 168 g/mol. The Morgan fingerprint density at radius 2 is 2.27 bits per heavy atom. The van der Waals surface area contributed by atoms with E-state index in [1.807, 2.05) is 13.0 Å². The summed E-state index contributed by atoms with van der Waals surface area (Å²) in [5.74, 6) is 0. The fraction of sp³-hybridized carbons (Fsp3) is 0.333. The normalized spacial score (nSPS) is 21.8. The topological polar surface area (TPSA) is 21.9 Å². The van der Waals surface area contributed by atoms with E-state index in [4.69, 9.17) is 11.6 Å². The summed E-state index contributed by atoms with van der Waals surface area (Å²) < 4.78 is 0. The highest BCUT2D eigenvalue weighted by atomic mass is 35.5. The Morgan fingerprint density at radius 1 is 1.55 bits per heavy atom. The molecular weight excluding hydrogens is 158 g/mol. The zero-order chi connectivity index (χ0) is 7.84. The highest BCUT2D eigenvalue weighted by molar-refractivity contribution is 6.31. The maximum Gasteiger partial charge on any atom is 0.0447 e. The zero-order valence-corrected chi connectivity index (χ0v) is 7.15. The molecule has 1 atom stereocenters. The van der Waals surface area contributed by atoms with Gasteiger partial charge in [0.1, 0.15) is 0 Å². The quantitative estimate of drug-likeness (QED) is 0.637. The van der Waals surface area contributed by atoms with E-state index in [1.165, 1.54) is 5.56 Å². The van der Waals surface area contributed by atoms with Crippen molar-refractivity contribution in [2.75, 3.05) is 6.54 Å². The smallest absolute Gasteiger partial charge is 0.0447 e. The molecule has 11 heavy (non-hydrogen) atoms. The van der Waals surface area contributed by atoms with Crippen LogP contribution in [0, 0.1) is 6.92 Å². The van der Waals surface area contributed by atoms with Gasteiger partial charge in [0.25, 0.3) is 0 Å². The van der Waals surface area contributed by atoms with Crippen LogP contribution in [0.1, 0.15) is 17.2 Å². The minimum atomic E-state index is 0.589. The summed E-state index contributed by atoms with van der Waals surface area (Å²) in [4.78, 5) is 0. The molecule has 1 aromatic carbocycles. The molecule has 2 rings (SSSR count). The van der Waals surface area contributed by atoms with Crippen LogP contribution in [0.15, 0.2) is 18.2 Å². The number of rotatable bonds is 1. The van der Waals surface area contributed by atoms with E-state index >= 15 is 0 Å². The Bertz CT molecular complexity index is 279. The van der Waals surface area contributed by atoms with Gasteiger partial charge >= 0.3 is 0 Å². The van der Waals surface area contributed by atoms with Crippen LogP contribution in [0.3, 0.4) is 0 Å². The van der Waals surface area contributed by atoms with Gasteiger partial charge in [-0.15, -0.1) is 0 Å². The van der Waals surface area contributed by atoms with E-state index in [0.717, 1.165) is 17.1 Å². The molecule has 1 N–H and O–H groups in total. The predicted octanol–water partition coefficient (Wildman–Crippen LogP) is 2.29. The molecule has 1 aliphatic rings. The lowest BCUT2D eigenvalue weighted by molar-refractivity contribution is 1.07. The number of hydrogen-bond acceptors (Lipinski definition) is 1. The van der Waals surface area contributed by atoms with Crippen LogP contribution in [-0.2, 0) is 0 Å². The van der Waals surface area contributed by atoms with Gasteiger partial charge in [0.15, 0.2) is 0 Å². The maximum atomic E-state index is 5.89. The molecule has 0 radical (unpaired) electrons. The molecule has 0 bridgehead atoms. The Kier molecular flexibility index (Phi) is 1.63. The van der Waals surface area contributed by atoms with Gasteiger partial charge in [0.05, 0.1) is 0 Å². The first kappa shape index (κ1) is 7.14. The van der Waals surface area contributed by atoms with Crippen LogP contribution >= 0.6 is 11.6 Å². The van der Waals surface area contributed by atoms with E-state index in [9.17, 15) is 0 Å². The van der Waals surface area contributed by atoms with Crippen LogP contribution in [0.4, 0.5) is 0 Å². The Morgan fingerprint density at radius 3 is 2.82 bits per heavy atom. The number of benzene rings is 1. The van der Waals surface area contributed by atoms with E-state index in [-0.39, 0.29) is 0 Å². The first-order valence-electron chi connectivity index (χ1n) is 3.77. The Balaban J connectivity index is 2.36. The molecule has 0 unspecified atom stereocenters. The molecule has 0 saturated carbocycles. The molecule has 0 aliphatic carbocycles. The third kappa shape index (κ3) is 1.39. The molecule has 1 heterocycles. The Labute approximate surface area is 71.4 Å². The molecule has 1 aliphatic heterocycles. The van der Waals surface area contributed by atoms with Gasteiger partial charge in [0, 0.05) is 17.6 Å². The van der Waals surface area contributed by atoms with E-state index < -0.39 is 0 Å². The summed E-state index contributed by atoms with van der Waals surface area (Å²) in [7, 11) is 0. The first-order chi connectivity index (χ1) is 5.27. The van der Waals surface area contributed by atoms with Crippen LogP contribution in [-0.4, -0.2) is 6.54 Å². The first-order valence-corrected chi connectivity index (χ1v) is 4.14. The number of aryl methyl sites for hydroxylation is 1. The zero-order valence-electron chi connectivity index (χ0n) is 6.39. The summed E-state index contributed by atoms with van der Waals surface area (Å²) >= 11 is 5.89. The summed E-state index contributed by atoms with van der Waals surface area (Å²) in [5.41, 5.74) is 2.52. The van der Waals surface area contributed by atoms with Crippen molar-refractivity contribution < 1.29 is 0 Å². The van der Waals surface area contributed by atoms with E-state index in [2.05, 4.69) is 17.4 Å². The highest BCUT2D eigenvalue weighted by Gasteiger charge is 2.21. The minimum absolute atomic E-state index is 0.589. The SMILES string of the molecule is Cc1cc([C@H]2CN2)ccc1Cl. The van der Waals surface area contributed by atoms with E-state index in [1.54, 1.807) is 0 Å².